The second-order valence-corrected chi connectivity index (χ2v) is 6.75. The first-order chi connectivity index (χ1) is 8.91. The highest BCUT2D eigenvalue weighted by Crippen LogP contribution is 2.40. The maximum absolute atomic E-state index is 9.67. The monoisotopic (exact) mass is 265 g/mol. The molecule has 0 bridgehead atoms. The molecule has 2 unspecified atom stereocenters. The molecular formula is C15H27N3O. The van der Waals surface area contributed by atoms with Crippen LogP contribution in [0, 0.1) is 17.2 Å². The number of rotatable bonds is 5. The van der Waals surface area contributed by atoms with Crippen LogP contribution in [-0.4, -0.2) is 48.3 Å². The van der Waals surface area contributed by atoms with E-state index in [9.17, 15) is 5.26 Å². The van der Waals surface area contributed by atoms with Crippen molar-refractivity contribution in [1.29, 1.82) is 5.26 Å². The molecule has 2 aliphatic rings. The van der Waals surface area contributed by atoms with E-state index in [0.717, 1.165) is 26.2 Å². The lowest BCUT2D eigenvalue weighted by atomic mass is 9.92. The van der Waals surface area contributed by atoms with Crippen LogP contribution in [0.15, 0.2) is 0 Å². The lowest BCUT2D eigenvalue weighted by molar-refractivity contribution is -0.131. The average molecular weight is 265 g/mol. The molecule has 1 saturated heterocycles. The number of nitrogens with zero attached hydrogens (tertiary/aromatic N) is 2. The van der Waals surface area contributed by atoms with Crippen LogP contribution >= 0.6 is 0 Å². The molecule has 0 radical (unpaired) electrons. The maximum atomic E-state index is 9.67. The smallest absolute Gasteiger partial charge is 0.122 e. The molecule has 4 nitrogen and oxygen atoms in total. The van der Waals surface area contributed by atoms with Gasteiger partial charge in [-0.1, -0.05) is 6.92 Å². The summed E-state index contributed by atoms with van der Waals surface area (Å²) >= 11 is 0. The molecule has 0 amide bonds. The van der Waals surface area contributed by atoms with E-state index in [2.05, 4.69) is 44.0 Å². The van der Waals surface area contributed by atoms with E-state index >= 15 is 0 Å². The van der Waals surface area contributed by atoms with E-state index in [1.165, 1.54) is 12.8 Å². The lowest BCUT2D eigenvalue weighted by Gasteiger charge is -2.44. The molecule has 2 rings (SSSR count). The van der Waals surface area contributed by atoms with Crippen LogP contribution < -0.4 is 5.32 Å². The van der Waals surface area contributed by atoms with E-state index in [4.69, 9.17) is 4.74 Å². The van der Waals surface area contributed by atoms with E-state index in [0.29, 0.717) is 5.92 Å². The topological polar surface area (TPSA) is 48.3 Å². The minimum absolute atomic E-state index is 0.116. The van der Waals surface area contributed by atoms with Gasteiger partial charge in [0.1, 0.15) is 5.54 Å². The van der Waals surface area contributed by atoms with Gasteiger partial charge in [0.15, 0.2) is 0 Å². The molecular weight excluding hydrogens is 238 g/mol. The Morgan fingerprint density at radius 3 is 2.63 bits per heavy atom. The quantitative estimate of drug-likeness (QED) is 0.823. The highest BCUT2D eigenvalue weighted by molar-refractivity contribution is 5.17. The van der Waals surface area contributed by atoms with Crippen LogP contribution in [0.4, 0.5) is 0 Å². The van der Waals surface area contributed by atoms with Crippen molar-refractivity contribution in [2.75, 3.05) is 26.2 Å². The minimum atomic E-state index is -0.359. The van der Waals surface area contributed by atoms with E-state index in [1.807, 2.05) is 0 Å². The van der Waals surface area contributed by atoms with Crippen LogP contribution in [0.25, 0.3) is 0 Å². The summed E-state index contributed by atoms with van der Waals surface area (Å²) < 4.78 is 5.94. The molecule has 0 aromatic rings. The Bertz CT molecular complexity index is 359. The van der Waals surface area contributed by atoms with Crippen molar-refractivity contribution in [3.8, 4) is 6.07 Å². The van der Waals surface area contributed by atoms with E-state index in [1.54, 1.807) is 0 Å². The molecule has 0 aromatic heterocycles. The van der Waals surface area contributed by atoms with Gasteiger partial charge in [-0.05, 0) is 46.1 Å². The normalized spacial score (nSPS) is 30.6. The molecule has 0 aromatic carbocycles. The molecule has 1 heterocycles. The average Bonchev–Trinajstić information content (AvgIpc) is 3.09. The Balaban J connectivity index is 2.06. The van der Waals surface area contributed by atoms with Gasteiger partial charge in [-0.3, -0.25) is 10.2 Å². The molecule has 19 heavy (non-hydrogen) atoms. The second kappa shape index (κ2) is 5.40. The van der Waals surface area contributed by atoms with Crippen molar-refractivity contribution in [1.82, 2.24) is 10.2 Å². The summed E-state index contributed by atoms with van der Waals surface area (Å²) in [5, 5.41) is 13.1. The summed E-state index contributed by atoms with van der Waals surface area (Å²) in [6.07, 6.45) is 2.61. The van der Waals surface area contributed by atoms with E-state index < -0.39 is 0 Å². The van der Waals surface area contributed by atoms with Crippen LogP contribution in [0.3, 0.4) is 0 Å². The third-order valence-corrected chi connectivity index (χ3v) is 4.08. The Labute approximate surface area is 117 Å². The number of ether oxygens (including phenoxy) is 1. The Kier molecular flexibility index (Phi) is 4.20. The molecule has 108 valence electrons. The molecule has 4 heteroatoms. The first-order valence-corrected chi connectivity index (χ1v) is 7.47. The van der Waals surface area contributed by atoms with Gasteiger partial charge >= 0.3 is 0 Å². The van der Waals surface area contributed by atoms with Gasteiger partial charge in [0.2, 0.25) is 0 Å². The molecule has 1 aliphatic carbocycles. The molecule has 2 fully saturated rings. The van der Waals surface area contributed by atoms with Crippen LogP contribution in [-0.2, 0) is 4.74 Å². The van der Waals surface area contributed by atoms with Crippen LogP contribution in [0.1, 0.15) is 40.5 Å². The zero-order valence-corrected chi connectivity index (χ0v) is 12.7. The number of morpholine rings is 1. The number of hydrogen-bond donors (Lipinski definition) is 1. The zero-order valence-electron chi connectivity index (χ0n) is 12.7. The first kappa shape index (κ1) is 14.8. The van der Waals surface area contributed by atoms with Gasteiger partial charge < -0.3 is 4.74 Å². The summed E-state index contributed by atoms with van der Waals surface area (Å²) in [5.74, 6) is 0.527. The molecule has 0 spiro atoms. The van der Waals surface area contributed by atoms with Gasteiger partial charge in [0.25, 0.3) is 0 Å². The largest absolute Gasteiger partial charge is 0.370 e. The zero-order chi connectivity index (χ0) is 14.1. The van der Waals surface area contributed by atoms with Crippen molar-refractivity contribution in [2.45, 2.75) is 57.8 Å². The maximum Gasteiger partial charge on any atom is 0.122 e. The molecule has 1 aliphatic heterocycles. The summed E-state index contributed by atoms with van der Waals surface area (Å²) in [5.41, 5.74) is -0.476. The first-order valence-electron chi connectivity index (χ1n) is 7.47. The Morgan fingerprint density at radius 2 is 2.16 bits per heavy atom. The molecule has 1 N–H and O–H groups in total. The third-order valence-electron chi connectivity index (χ3n) is 4.08. The second-order valence-electron chi connectivity index (χ2n) is 6.75. The fourth-order valence-electron chi connectivity index (χ4n) is 3.45. The highest BCUT2D eigenvalue weighted by Gasteiger charge is 2.47. The van der Waals surface area contributed by atoms with Crippen molar-refractivity contribution in [2.24, 2.45) is 5.92 Å². The fraction of sp³-hybridized carbons (Fsp3) is 0.933. The minimum Gasteiger partial charge on any atom is -0.370 e. The lowest BCUT2D eigenvalue weighted by Crippen LogP contribution is -2.60. The van der Waals surface area contributed by atoms with Gasteiger partial charge in [0.05, 0.1) is 17.8 Å². The predicted molar refractivity (Wildman–Crippen MR) is 75.8 cm³/mol. The Morgan fingerprint density at radius 1 is 1.47 bits per heavy atom. The fourth-order valence-corrected chi connectivity index (χ4v) is 3.45. The number of nitrogens with one attached hydrogen (secondary N) is 1. The number of likely N-dealkylation sites (N-methyl/N-ethyl adjacent to an activating group) is 1. The standard InChI is InChI=1S/C15H27N3O/c1-5-17-15(9-16,13-6-7-13)11-18-8-12(2)19-14(3,4)10-18/h12-13,17H,5-8,10-11H2,1-4H3. The SMILES string of the molecule is CCNC(C#N)(CN1CC(C)OC(C)(C)C1)C1CC1. The van der Waals surface area contributed by atoms with Gasteiger partial charge in [-0.2, -0.15) is 5.26 Å². The van der Waals surface area contributed by atoms with Crippen molar-refractivity contribution >= 4 is 0 Å². The summed E-state index contributed by atoms with van der Waals surface area (Å²) in [6.45, 7) is 12.0. The number of nitriles is 1. The number of hydrogen-bond acceptors (Lipinski definition) is 4. The summed E-state index contributed by atoms with van der Waals surface area (Å²) in [7, 11) is 0. The van der Waals surface area contributed by atoms with Gasteiger partial charge in [-0.25, -0.2) is 0 Å². The van der Waals surface area contributed by atoms with E-state index in [-0.39, 0.29) is 17.2 Å². The van der Waals surface area contributed by atoms with Gasteiger partial charge in [-0.15, -0.1) is 0 Å². The van der Waals surface area contributed by atoms with Crippen LogP contribution in [0.5, 0.6) is 0 Å². The van der Waals surface area contributed by atoms with Crippen molar-refractivity contribution < 1.29 is 4.74 Å². The Hall–Kier alpha value is -0.630. The molecule has 1 saturated carbocycles. The summed E-state index contributed by atoms with van der Waals surface area (Å²) in [4.78, 5) is 2.40. The predicted octanol–water partition coefficient (Wildman–Crippen LogP) is 1.77. The highest BCUT2D eigenvalue weighted by atomic mass is 16.5. The van der Waals surface area contributed by atoms with Crippen molar-refractivity contribution in [3.63, 3.8) is 0 Å². The third kappa shape index (κ3) is 3.47. The van der Waals surface area contributed by atoms with Gasteiger partial charge in [0, 0.05) is 19.6 Å². The van der Waals surface area contributed by atoms with Crippen molar-refractivity contribution in [3.05, 3.63) is 0 Å². The summed E-state index contributed by atoms with van der Waals surface area (Å²) in [6, 6.07) is 2.57. The molecule has 2 atom stereocenters. The van der Waals surface area contributed by atoms with Crippen LogP contribution in [0.2, 0.25) is 0 Å².